The molecule has 20 heavy (non-hydrogen) atoms. The number of amides is 1. The monoisotopic (exact) mass is 274 g/mol. The molecule has 1 fully saturated rings. The average Bonchev–Trinajstić information content (AvgIpc) is 2.91. The summed E-state index contributed by atoms with van der Waals surface area (Å²) in [4.78, 5) is 14.5. The maximum atomic E-state index is 12.7. The third kappa shape index (κ3) is 2.17. The van der Waals surface area contributed by atoms with E-state index in [2.05, 4.69) is 5.10 Å². The predicted molar refractivity (Wildman–Crippen MR) is 74.5 cm³/mol. The van der Waals surface area contributed by atoms with Crippen molar-refractivity contribution in [2.24, 2.45) is 5.73 Å². The summed E-state index contributed by atoms with van der Waals surface area (Å²) in [6, 6.07) is 5.73. The van der Waals surface area contributed by atoms with Gasteiger partial charge in [-0.05, 0) is 19.1 Å². The molecule has 6 nitrogen and oxygen atoms in total. The fourth-order valence-electron chi connectivity index (χ4n) is 2.50. The Morgan fingerprint density at radius 3 is 3.20 bits per heavy atom. The van der Waals surface area contributed by atoms with Crippen LogP contribution in [0.4, 0.5) is 0 Å². The van der Waals surface area contributed by atoms with Gasteiger partial charge in [-0.2, -0.15) is 5.10 Å². The van der Waals surface area contributed by atoms with Crippen molar-refractivity contribution < 1.29 is 9.53 Å². The molecule has 1 amide bonds. The first-order chi connectivity index (χ1) is 9.70. The van der Waals surface area contributed by atoms with E-state index >= 15 is 0 Å². The number of aromatic nitrogens is 2. The third-order valence-electron chi connectivity index (χ3n) is 3.69. The Labute approximate surface area is 117 Å². The van der Waals surface area contributed by atoms with Gasteiger partial charge in [0.1, 0.15) is 0 Å². The van der Waals surface area contributed by atoms with Crippen LogP contribution in [0.1, 0.15) is 17.3 Å². The van der Waals surface area contributed by atoms with Gasteiger partial charge in [-0.3, -0.25) is 4.79 Å². The van der Waals surface area contributed by atoms with Crippen molar-refractivity contribution >= 4 is 11.4 Å². The molecule has 0 radical (unpaired) electrons. The second-order valence-corrected chi connectivity index (χ2v) is 5.09. The van der Waals surface area contributed by atoms with Crippen LogP contribution in [-0.4, -0.2) is 52.3 Å². The molecule has 2 atom stereocenters. The molecule has 106 valence electrons. The van der Waals surface area contributed by atoms with Crippen molar-refractivity contribution in [3.8, 4) is 0 Å². The second-order valence-electron chi connectivity index (χ2n) is 5.09. The van der Waals surface area contributed by atoms with Crippen molar-refractivity contribution in [2.75, 3.05) is 19.7 Å². The van der Waals surface area contributed by atoms with E-state index in [0.717, 1.165) is 5.52 Å². The Balaban J connectivity index is 1.91. The molecule has 2 N–H and O–H groups in total. The first kappa shape index (κ1) is 13.1. The highest BCUT2D eigenvalue weighted by Gasteiger charge is 2.30. The van der Waals surface area contributed by atoms with Gasteiger partial charge in [0.15, 0.2) is 0 Å². The summed E-state index contributed by atoms with van der Waals surface area (Å²) in [6.45, 7) is 3.45. The molecule has 0 aliphatic carbocycles. The first-order valence-electron chi connectivity index (χ1n) is 6.75. The van der Waals surface area contributed by atoms with E-state index in [9.17, 15) is 4.79 Å². The summed E-state index contributed by atoms with van der Waals surface area (Å²) in [6.07, 6.45) is 3.37. The zero-order chi connectivity index (χ0) is 14.1. The van der Waals surface area contributed by atoms with Crippen LogP contribution in [0.25, 0.3) is 5.52 Å². The number of carbonyl (C=O) groups excluding carboxylic acids is 1. The lowest BCUT2D eigenvalue weighted by Crippen LogP contribution is -2.52. The number of fused-ring (bicyclic) bond motifs is 1. The summed E-state index contributed by atoms with van der Waals surface area (Å²) in [5, 5.41) is 4.21. The van der Waals surface area contributed by atoms with Crippen LogP contribution in [0.2, 0.25) is 0 Å². The maximum Gasteiger partial charge on any atom is 0.258 e. The van der Waals surface area contributed by atoms with Gasteiger partial charge in [-0.1, -0.05) is 6.07 Å². The van der Waals surface area contributed by atoms with Crippen molar-refractivity contribution in [2.45, 2.75) is 19.1 Å². The largest absolute Gasteiger partial charge is 0.373 e. The summed E-state index contributed by atoms with van der Waals surface area (Å²) >= 11 is 0. The molecule has 0 saturated carbocycles. The minimum atomic E-state index is -0.0861. The molecule has 0 aromatic carbocycles. The molecule has 3 heterocycles. The standard InChI is InChI=1S/C14H18N4O2/c1-10-9-20-11(6-15)8-17(10)14(19)12-7-16-18-5-3-2-4-13(12)18/h2-5,7,10-11H,6,8-9,15H2,1H3. The highest BCUT2D eigenvalue weighted by Crippen LogP contribution is 2.18. The number of hydrogen-bond donors (Lipinski definition) is 1. The van der Waals surface area contributed by atoms with Crippen molar-refractivity contribution in [3.05, 3.63) is 36.2 Å². The maximum absolute atomic E-state index is 12.7. The van der Waals surface area contributed by atoms with E-state index in [0.29, 0.717) is 25.3 Å². The Bertz CT molecular complexity index is 624. The number of nitrogens with two attached hydrogens (primary N) is 1. The molecular weight excluding hydrogens is 256 g/mol. The molecule has 0 spiro atoms. The molecule has 1 saturated heterocycles. The Hall–Kier alpha value is -1.92. The van der Waals surface area contributed by atoms with Gasteiger partial charge in [0.2, 0.25) is 0 Å². The minimum Gasteiger partial charge on any atom is -0.373 e. The highest BCUT2D eigenvalue weighted by atomic mass is 16.5. The lowest BCUT2D eigenvalue weighted by molar-refractivity contribution is -0.0425. The molecule has 6 heteroatoms. The van der Waals surface area contributed by atoms with Crippen LogP contribution in [0, 0.1) is 0 Å². The van der Waals surface area contributed by atoms with Gasteiger partial charge >= 0.3 is 0 Å². The fourth-order valence-corrected chi connectivity index (χ4v) is 2.50. The third-order valence-corrected chi connectivity index (χ3v) is 3.69. The van der Waals surface area contributed by atoms with Crippen LogP contribution in [0.5, 0.6) is 0 Å². The average molecular weight is 274 g/mol. The lowest BCUT2D eigenvalue weighted by Gasteiger charge is -2.37. The number of morpholine rings is 1. The lowest BCUT2D eigenvalue weighted by atomic mass is 10.1. The Morgan fingerprint density at radius 2 is 2.40 bits per heavy atom. The number of ether oxygens (including phenoxy) is 1. The topological polar surface area (TPSA) is 72.9 Å². The van der Waals surface area contributed by atoms with Gasteiger partial charge in [-0.25, -0.2) is 4.52 Å². The van der Waals surface area contributed by atoms with Gasteiger partial charge in [0, 0.05) is 19.3 Å². The summed E-state index contributed by atoms with van der Waals surface area (Å²) < 4.78 is 7.29. The fraction of sp³-hybridized carbons (Fsp3) is 0.429. The van der Waals surface area contributed by atoms with E-state index in [1.807, 2.05) is 36.2 Å². The summed E-state index contributed by atoms with van der Waals surface area (Å²) in [7, 11) is 0. The second kappa shape index (κ2) is 5.22. The van der Waals surface area contributed by atoms with E-state index in [4.69, 9.17) is 10.5 Å². The summed E-state index contributed by atoms with van der Waals surface area (Å²) in [5.41, 5.74) is 7.08. The number of carbonyl (C=O) groups is 1. The number of rotatable bonds is 2. The zero-order valence-corrected chi connectivity index (χ0v) is 11.4. The van der Waals surface area contributed by atoms with Crippen LogP contribution in [-0.2, 0) is 4.74 Å². The zero-order valence-electron chi connectivity index (χ0n) is 11.4. The van der Waals surface area contributed by atoms with Crippen molar-refractivity contribution in [3.63, 3.8) is 0 Å². The quantitative estimate of drug-likeness (QED) is 0.866. The summed E-state index contributed by atoms with van der Waals surface area (Å²) in [5.74, 6) is -0.0135. The Morgan fingerprint density at radius 1 is 1.55 bits per heavy atom. The minimum absolute atomic E-state index is 0.0135. The SMILES string of the molecule is CC1COC(CN)CN1C(=O)c1cnn2ccccc12. The predicted octanol–water partition coefficient (Wildman–Crippen LogP) is 0.523. The van der Waals surface area contributed by atoms with Crippen LogP contribution >= 0.6 is 0 Å². The van der Waals surface area contributed by atoms with Gasteiger partial charge in [0.25, 0.3) is 5.91 Å². The molecule has 1 aliphatic rings. The number of pyridine rings is 1. The van der Waals surface area contributed by atoms with Gasteiger partial charge in [0.05, 0.1) is 36.0 Å². The molecule has 0 bridgehead atoms. The molecular formula is C14H18N4O2. The molecule has 2 aromatic heterocycles. The molecule has 2 unspecified atom stereocenters. The highest BCUT2D eigenvalue weighted by molar-refractivity contribution is 6.00. The van der Waals surface area contributed by atoms with Crippen LogP contribution in [0.15, 0.2) is 30.6 Å². The van der Waals surface area contributed by atoms with E-state index < -0.39 is 0 Å². The molecule has 1 aliphatic heterocycles. The van der Waals surface area contributed by atoms with Crippen LogP contribution < -0.4 is 5.73 Å². The normalized spacial score (nSPS) is 23.2. The van der Waals surface area contributed by atoms with Crippen molar-refractivity contribution in [1.82, 2.24) is 14.5 Å². The van der Waals surface area contributed by atoms with Gasteiger partial charge < -0.3 is 15.4 Å². The van der Waals surface area contributed by atoms with E-state index in [1.54, 1.807) is 10.7 Å². The first-order valence-corrected chi connectivity index (χ1v) is 6.75. The number of hydrogen-bond acceptors (Lipinski definition) is 4. The molecule has 3 rings (SSSR count). The Kier molecular flexibility index (Phi) is 3.42. The van der Waals surface area contributed by atoms with E-state index in [-0.39, 0.29) is 18.1 Å². The molecule has 2 aromatic rings. The van der Waals surface area contributed by atoms with Crippen molar-refractivity contribution in [1.29, 1.82) is 0 Å². The van der Waals surface area contributed by atoms with Crippen LogP contribution in [0.3, 0.4) is 0 Å². The smallest absolute Gasteiger partial charge is 0.258 e. The number of nitrogens with zero attached hydrogens (tertiary/aromatic N) is 3. The van der Waals surface area contributed by atoms with Gasteiger partial charge in [-0.15, -0.1) is 0 Å². The van der Waals surface area contributed by atoms with E-state index in [1.165, 1.54) is 0 Å².